The molecule has 0 aromatic carbocycles. The predicted molar refractivity (Wildman–Crippen MR) is 84.7 cm³/mol. The van der Waals surface area contributed by atoms with Gasteiger partial charge < -0.3 is 9.64 Å². The number of carbonyl (C=O) groups is 1. The molecule has 0 radical (unpaired) electrons. The molecule has 0 N–H and O–H groups in total. The summed E-state index contributed by atoms with van der Waals surface area (Å²) in [5.41, 5.74) is -0.440. The summed E-state index contributed by atoms with van der Waals surface area (Å²) in [6.45, 7) is 6.02. The maximum Gasteiger partial charge on any atom is 0.417 e. The SMILES string of the molecule is CC(C)(C)OC(=O)N1CC=C(c2ncc(C(F)(F)F)cc2Cl)CC1. The van der Waals surface area contributed by atoms with E-state index < -0.39 is 23.4 Å². The molecule has 1 aliphatic rings. The smallest absolute Gasteiger partial charge is 0.417 e. The number of amides is 1. The molecule has 2 rings (SSSR count). The van der Waals surface area contributed by atoms with Crippen LogP contribution in [-0.2, 0) is 10.9 Å². The van der Waals surface area contributed by atoms with Crippen LogP contribution in [-0.4, -0.2) is 34.7 Å². The Morgan fingerprint density at radius 3 is 2.46 bits per heavy atom. The highest BCUT2D eigenvalue weighted by atomic mass is 35.5. The number of alkyl halides is 3. The van der Waals surface area contributed by atoms with Crippen molar-refractivity contribution in [2.24, 2.45) is 0 Å². The van der Waals surface area contributed by atoms with Crippen LogP contribution in [0, 0.1) is 0 Å². The molecule has 24 heavy (non-hydrogen) atoms. The van der Waals surface area contributed by atoms with Gasteiger partial charge in [0.2, 0.25) is 0 Å². The Morgan fingerprint density at radius 1 is 1.33 bits per heavy atom. The summed E-state index contributed by atoms with van der Waals surface area (Å²) in [4.78, 5) is 17.3. The van der Waals surface area contributed by atoms with Gasteiger partial charge >= 0.3 is 12.3 Å². The molecule has 0 aliphatic carbocycles. The molecule has 0 atom stereocenters. The number of aromatic nitrogens is 1. The number of pyridine rings is 1. The monoisotopic (exact) mass is 362 g/mol. The van der Waals surface area contributed by atoms with Crippen LogP contribution in [0.2, 0.25) is 5.02 Å². The summed E-state index contributed by atoms with van der Waals surface area (Å²) < 4.78 is 43.2. The van der Waals surface area contributed by atoms with Gasteiger partial charge in [-0.3, -0.25) is 4.98 Å². The minimum Gasteiger partial charge on any atom is -0.444 e. The van der Waals surface area contributed by atoms with Gasteiger partial charge in [-0.25, -0.2) is 4.79 Å². The molecule has 0 unspecified atom stereocenters. The lowest BCUT2D eigenvalue weighted by molar-refractivity contribution is -0.137. The van der Waals surface area contributed by atoms with Gasteiger partial charge in [-0.15, -0.1) is 0 Å². The first-order valence-electron chi connectivity index (χ1n) is 7.37. The Bertz CT molecular complexity index is 666. The molecule has 1 aliphatic heterocycles. The molecule has 0 bridgehead atoms. The van der Waals surface area contributed by atoms with E-state index in [0.29, 0.717) is 30.8 Å². The highest BCUT2D eigenvalue weighted by molar-refractivity contribution is 6.32. The summed E-state index contributed by atoms with van der Waals surface area (Å²) in [7, 11) is 0. The van der Waals surface area contributed by atoms with E-state index in [1.165, 1.54) is 4.90 Å². The summed E-state index contributed by atoms with van der Waals surface area (Å²) in [6, 6.07) is 0.866. The molecule has 0 saturated heterocycles. The minimum absolute atomic E-state index is 0.0539. The summed E-state index contributed by atoms with van der Waals surface area (Å²) in [6.07, 6.45) is -1.97. The van der Waals surface area contributed by atoms with Crippen molar-refractivity contribution in [3.63, 3.8) is 0 Å². The highest BCUT2D eigenvalue weighted by Gasteiger charge is 2.32. The fraction of sp³-hybridized carbons (Fsp3) is 0.500. The van der Waals surface area contributed by atoms with Gasteiger partial charge in [-0.2, -0.15) is 13.2 Å². The number of halogens is 4. The topological polar surface area (TPSA) is 42.4 Å². The third-order valence-electron chi connectivity index (χ3n) is 3.33. The molecule has 132 valence electrons. The van der Waals surface area contributed by atoms with E-state index in [2.05, 4.69) is 4.98 Å². The molecule has 1 amide bonds. The Labute approximate surface area is 143 Å². The van der Waals surface area contributed by atoms with Gasteiger partial charge in [0.05, 0.1) is 16.3 Å². The van der Waals surface area contributed by atoms with E-state index in [4.69, 9.17) is 16.3 Å². The number of nitrogens with zero attached hydrogens (tertiary/aromatic N) is 2. The number of carbonyl (C=O) groups excluding carboxylic acids is 1. The first-order valence-corrected chi connectivity index (χ1v) is 7.75. The molecular formula is C16H18ClF3N2O2. The van der Waals surface area contributed by atoms with E-state index in [-0.39, 0.29) is 5.02 Å². The van der Waals surface area contributed by atoms with Crippen molar-refractivity contribution in [2.75, 3.05) is 13.1 Å². The van der Waals surface area contributed by atoms with Gasteiger partial charge in [-0.1, -0.05) is 17.7 Å². The van der Waals surface area contributed by atoms with Crippen LogP contribution in [0.3, 0.4) is 0 Å². The van der Waals surface area contributed by atoms with Crippen LogP contribution in [0.4, 0.5) is 18.0 Å². The van der Waals surface area contributed by atoms with Gasteiger partial charge in [0.25, 0.3) is 0 Å². The lowest BCUT2D eigenvalue weighted by Crippen LogP contribution is -2.39. The van der Waals surface area contributed by atoms with Crippen molar-refractivity contribution in [3.05, 3.63) is 34.6 Å². The fourth-order valence-electron chi connectivity index (χ4n) is 2.21. The second-order valence-electron chi connectivity index (χ2n) is 6.46. The second-order valence-corrected chi connectivity index (χ2v) is 6.87. The van der Waals surface area contributed by atoms with Gasteiger partial charge in [0.1, 0.15) is 5.60 Å². The lowest BCUT2D eigenvalue weighted by atomic mass is 10.0. The van der Waals surface area contributed by atoms with Gasteiger partial charge in [0.15, 0.2) is 0 Å². The van der Waals surface area contributed by atoms with Crippen molar-refractivity contribution < 1.29 is 22.7 Å². The highest BCUT2D eigenvalue weighted by Crippen LogP contribution is 2.34. The first kappa shape index (κ1) is 18.6. The third-order valence-corrected chi connectivity index (χ3v) is 3.62. The maximum absolute atomic E-state index is 12.6. The molecule has 0 saturated carbocycles. The molecule has 2 heterocycles. The Morgan fingerprint density at radius 2 is 2.00 bits per heavy atom. The number of hydrogen-bond donors (Lipinski definition) is 0. The van der Waals surface area contributed by atoms with Gasteiger partial charge in [0, 0.05) is 19.3 Å². The number of rotatable bonds is 1. The standard InChI is InChI=1S/C16H18ClF3N2O2/c1-15(2,3)24-14(23)22-6-4-10(5-7-22)13-12(17)8-11(9-21-13)16(18,19)20/h4,8-9H,5-7H2,1-3H3. The normalized spacial score (nSPS) is 16.0. The van der Waals surface area contributed by atoms with E-state index in [0.717, 1.165) is 12.3 Å². The van der Waals surface area contributed by atoms with Crippen LogP contribution in [0.5, 0.6) is 0 Å². The average Bonchev–Trinajstić information content (AvgIpc) is 2.44. The maximum atomic E-state index is 12.6. The third kappa shape index (κ3) is 4.63. The largest absolute Gasteiger partial charge is 0.444 e. The Kier molecular flexibility index (Phi) is 5.13. The quantitative estimate of drug-likeness (QED) is 0.722. The molecule has 4 nitrogen and oxygen atoms in total. The molecular weight excluding hydrogens is 345 g/mol. The number of hydrogen-bond acceptors (Lipinski definition) is 3. The summed E-state index contributed by atoms with van der Waals surface area (Å²) in [5, 5.41) is -0.0539. The molecule has 1 aromatic rings. The summed E-state index contributed by atoms with van der Waals surface area (Å²) >= 11 is 5.95. The zero-order valence-corrected chi connectivity index (χ0v) is 14.3. The van der Waals surface area contributed by atoms with E-state index in [9.17, 15) is 18.0 Å². The molecule has 0 fully saturated rings. The van der Waals surface area contributed by atoms with Crippen molar-refractivity contribution in [1.82, 2.24) is 9.88 Å². The second kappa shape index (κ2) is 6.63. The van der Waals surface area contributed by atoms with E-state index in [1.54, 1.807) is 26.8 Å². The van der Waals surface area contributed by atoms with E-state index in [1.807, 2.05) is 0 Å². The van der Waals surface area contributed by atoms with Crippen molar-refractivity contribution in [2.45, 2.75) is 39.0 Å². The molecule has 1 aromatic heterocycles. The van der Waals surface area contributed by atoms with Gasteiger partial charge in [-0.05, 0) is 38.8 Å². The zero-order valence-electron chi connectivity index (χ0n) is 13.6. The average molecular weight is 363 g/mol. The molecule has 0 spiro atoms. The predicted octanol–water partition coefficient (Wildman–Crippen LogP) is 4.78. The van der Waals surface area contributed by atoms with Crippen LogP contribution in [0.15, 0.2) is 18.3 Å². The lowest BCUT2D eigenvalue weighted by Gasteiger charge is -2.29. The Hall–Kier alpha value is -1.76. The van der Waals surface area contributed by atoms with Crippen molar-refractivity contribution in [3.8, 4) is 0 Å². The zero-order chi connectivity index (χ0) is 18.1. The Balaban J connectivity index is 2.12. The van der Waals surface area contributed by atoms with Crippen LogP contribution >= 0.6 is 11.6 Å². The van der Waals surface area contributed by atoms with Crippen molar-refractivity contribution >= 4 is 23.3 Å². The van der Waals surface area contributed by atoms with Crippen LogP contribution < -0.4 is 0 Å². The fourth-order valence-corrected chi connectivity index (χ4v) is 2.49. The minimum atomic E-state index is -4.48. The van der Waals surface area contributed by atoms with Crippen LogP contribution in [0.25, 0.3) is 5.57 Å². The summed E-state index contributed by atoms with van der Waals surface area (Å²) in [5.74, 6) is 0. The molecule has 8 heteroatoms. The van der Waals surface area contributed by atoms with E-state index >= 15 is 0 Å². The van der Waals surface area contributed by atoms with Crippen molar-refractivity contribution in [1.29, 1.82) is 0 Å². The first-order chi connectivity index (χ1) is 11.0. The van der Waals surface area contributed by atoms with Crippen LogP contribution in [0.1, 0.15) is 38.4 Å². The number of ether oxygens (including phenoxy) is 1.